The number of rotatable bonds is 6. The minimum absolute atomic E-state index is 0.176. The maximum absolute atomic E-state index is 13.2. The minimum atomic E-state index is -1.21. The molecule has 1 aliphatic rings. The van der Waals surface area contributed by atoms with Gasteiger partial charge in [-0.3, -0.25) is 4.79 Å². The van der Waals surface area contributed by atoms with Crippen molar-refractivity contribution < 1.29 is 23.8 Å². The number of aromatic nitrogens is 3. The van der Waals surface area contributed by atoms with E-state index in [0.29, 0.717) is 6.61 Å². The van der Waals surface area contributed by atoms with E-state index in [-0.39, 0.29) is 30.1 Å². The summed E-state index contributed by atoms with van der Waals surface area (Å²) in [6.07, 6.45) is 2.67. The van der Waals surface area contributed by atoms with Gasteiger partial charge in [0.25, 0.3) is 0 Å². The van der Waals surface area contributed by atoms with Crippen LogP contribution in [-0.2, 0) is 16.1 Å². The zero-order valence-corrected chi connectivity index (χ0v) is 13.3. The van der Waals surface area contributed by atoms with E-state index in [4.69, 9.17) is 9.84 Å². The van der Waals surface area contributed by atoms with Crippen LogP contribution in [-0.4, -0.2) is 44.7 Å². The molecule has 0 spiro atoms. The molecule has 9 heteroatoms. The van der Waals surface area contributed by atoms with Crippen molar-refractivity contribution in [3.8, 4) is 0 Å². The number of ether oxygens (including phenoxy) is 1. The third kappa shape index (κ3) is 4.18. The largest absolute Gasteiger partial charge is 0.476 e. The summed E-state index contributed by atoms with van der Waals surface area (Å²) in [5.41, 5.74) is 0.508. The Hall–Kier alpha value is -2.81. The first-order valence-electron chi connectivity index (χ1n) is 7.83. The number of amides is 1. The van der Waals surface area contributed by atoms with Gasteiger partial charge in [-0.15, -0.1) is 5.10 Å². The molecule has 0 radical (unpaired) electrons. The van der Waals surface area contributed by atoms with Crippen LogP contribution in [0, 0.1) is 5.82 Å². The Balaban J connectivity index is 1.71. The summed E-state index contributed by atoms with van der Waals surface area (Å²) in [6.45, 7) is 0.438. The predicted octanol–water partition coefficient (Wildman–Crippen LogP) is 1.15. The third-order valence-corrected chi connectivity index (χ3v) is 3.95. The van der Waals surface area contributed by atoms with E-state index in [1.165, 1.54) is 18.3 Å². The van der Waals surface area contributed by atoms with E-state index < -0.39 is 12.0 Å². The van der Waals surface area contributed by atoms with Crippen molar-refractivity contribution in [3.63, 3.8) is 0 Å². The number of carboxylic acids is 1. The normalized spacial score (nSPS) is 18.0. The number of carbonyl (C=O) groups is 2. The standard InChI is InChI=1S/C16H17FN4O4/c17-11-5-3-10(4-6-11)15(13-2-1-7-25-13)18-14(22)9-21-8-12(16(23)24)19-20-21/h3-6,8,13,15H,1-2,7,9H2,(H,18,22)(H,23,24)/t13-,15-/m1/s1. The lowest BCUT2D eigenvalue weighted by Gasteiger charge is -2.24. The molecule has 1 aromatic carbocycles. The van der Waals surface area contributed by atoms with Gasteiger partial charge >= 0.3 is 5.97 Å². The Labute approximate surface area is 142 Å². The van der Waals surface area contributed by atoms with Crippen LogP contribution >= 0.6 is 0 Å². The molecule has 132 valence electrons. The lowest BCUT2D eigenvalue weighted by molar-refractivity contribution is -0.123. The van der Waals surface area contributed by atoms with E-state index >= 15 is 0 Å². The van der Waals surface area contributed by atoms with Gasteiger partial charge in [0.05, 0.1) is 18.3 Å². The number of nitrogens with one attached hydrogen (secondary N) is 1. The number of nitrogens with zero attached hydrogens (tertiary/aromatic N) is 3. The first-order chi connectivity index (χ1) is 12.0. The number of carbonyl (C=O) groups excluding carboxylic acids is 1. The second-order valence-corrected chi connectivity index (χ2v) is 5.75. The van der Waals surface area contributed by atoms with Crippen molar-refractivity contribution in [1.82, 2.24) is 20.3 Å². The Morgan fingerprint density at radius 2 is 2.16 bits per heavy atom. The van der Waals surface area contributed by atoms with Crippen LogP contribution in [0.3, 0.4) is 0 Å². The van der Waals surface area contributed by atoms with Crippen LogP contribution in [0.1, 0.15) is 34.9 Å². The van der Waals surface area contributed by atoms with Gasteiger partial charge in [-0.05, 0) is 30.5 Å². The average molecular weight is 348 g/mol. The molecule has 0 unspecified atom stereocenters. The zero-order chi connectivity index (χ0) is 17.8. The molecule has 0 aliphatic carbocycles. The first-order valence-corrected chi connectivity index (χ1v) is 7.83. The molecule has 2 N–H and O–H groups in total. The highest BCUT2D eigenvalue weighted by atomic mass is 19.1. The molecule has 3 rings (SSSR count). The fourth-order valence-electron chi connectivity index (χ4n) is 2.77. The molecule has 8 nitrogen and oxygen atoms in total. The molecule has 1 aliphatic heterocycles. The number of aromatic carboxylic acids is 1. The maximum atomic E-state index is 13.2. The molecule has 0 saturated carbocycles. The van der Waals surface area contributed by atoms with Gasteiger partial charge in [0.2, 0.25) is 5.91 Å². The van der Waals surface area contributed by atoms with E-state index in [1.54, 1.807) is 12.1 Å². The van der Waals surface area contributed by atoms with Crippen LogP contribution in [0.25, 0.3) is 0 Å². The predicted molar refractivity (Wildman–Crippen MR) is 83.2 cm³/mol. The fourth-order valence-corrected chi connectivity index (χ4v) is 2.77. The highest BCUT2D eigenvalue weighted by Gasteiger charge is 2.29. The van der Waals surface area contributed by atoms with Crippen molar-refractivity contribution >= 4 is 11.9 Å². The quantitative estimate of drug-likeness (QED) is 0.811. The summed E-state index contributed by atoms with van der Waals surface area (Å²) in [4.78, 5) is 23.1. The smallest absolute Gasteiger partial charge is 0.358 e. The van der Waals surface area contributed by atoms with Crippen LogP contribution in [0.2, 0.25) is 0 Å². The number of carboxylic acid groups (broad SMARTS) is 1. The summed E-state index contributed by atoms with van der Waals surface area (Å²) < 4.78 is 20.0. The molecule has 2 aromatic rings. The van der Waals surface area contributed by atoms with Crippen molar-refractivity contribution in [1.29, 1.82) is 0 Å². The topological polar surface area (TPSA) is 106 Å². The number of benzene rings is 1. The molecule has 1 amide bonds. The summed E-state index contributed by atoms with van der Waals surface area (Å²) in [7, 11) is 0. The molecule has 2 atom stereocenters. The maximum Gasteiger partial charge on any atom is 0.358 e. The van der Waals surface area contributed by atoms with Crippen LogP contribution in [0.5, 0.6) is 0 Å². The van der Waals surface area contributed by atoms with E-state index in [2.05, 4.69) is 15.6 Å². The molecule has 1 fully saturated rings. The van der Waals surface area contributed by atoms with Crippen molar-refractivity contribution in [2.75, 3.05) is 6.61 Å². The highest BCUT2D eigenvalue weighted by Crippen LogP contribution is 2.27. The number of halogens is 1. The molecule has 1 aromatic heterocycles. The van der Waals surface area contributed by atoms with Gasteiger partial charge < -0.3 is 15.2 Å². The summed E-state index contributed by atoms with van der Waals surface area (Å²) in [5, 5.41) is 18.8. The lowest BCUT2D eigenvalue weighted by atomic mass is 9.99. The Morgan fingerprint density at radius 1 is 1.40 bits per heavy atom. The Kier molecular flexibility index (Phi) is 5.03. The highest BCUT2D eigenvalue weighted by molar-refractivity contribution is 5.84. The molecular formula is C16H17FN4O4. The second-order valence-electron chi connectivity index (χ2n) is 5.75. The first kappa shape index (κ1) is 17.0. The van der Waals surface area contributed by atoms with Gasteiger partial charge in [0.15, 0.2) is 5.69 Å². The fraction of sp³-hybridized carbons (Fsp3) is 0.375. The van der Waals surface area contributed by atoms with Crippen molar-refractivity contribution in [3.05, 3.63) is 47.5 Å². The molecule has 2 heterocycles. The molecular weight excluding hydrogens is 331 g/mol. The van der Waals surface area contributed by atoms with E-state index in [0.717, 1.165) is 23.1 Å². The van der Waals surface area contributed by atoms with E-state index in [9.17, 15) is 14.0 Å². The van der Waals surface area contributed by atoms with Gasteiger partial charge in [-0.1, -0.05) is 17.3 Å². The van der Waals surface area contributed by atoms with Crippen LogP contribution < -0.4 is 5.32 Å². The monoisotopic (exact) mass is 348 g/mol. The summed E-state index contributed by atoms with van der Waals surface area (Å²) >= 11 is 0. The van der Waals surface area contributed by atoms with Gasteiger partial charge in [0.1, 0.15) is 12.4 Å². The van der Waals surface area contributed by atoms with Crippen LogP contribution in [0.4, 0.5) is 4.39 Å². The van der Waals surface area contributed by atoms with Gasteiger partial charge in [-0.2, -0.15) is 0 Å². The van der Waals surface area contributed by atoms with E-state index in [1.807, 2.05) is 0 Å². The number of hydrogen-bond acceptors (Lipinski definition) is 5. The van der Waals surface area contributed by atoms with Crippen LogP contribution in [0.15, 0.2) is 30.5 Å². The zero-order valence-electron chi connectivity index (χ0n) is 13.3. The second kappa shape index (κ2) is 7.39. The average Bonchev–Trinajstić information content (AvgIpc) is 3.25. The lowest BCUT2D eigenvalue weighted by Crippen LogP contribution is -2.38. The Bertz CT molecular complexity index is 756. The summed E-state index contributed by atoms with van der Waals surface area (Å²) in [5.74, 6) is -1.94. The SMILES string of the molecule is O=C(Cn1cc(C(=O)O)nn1)N[C@H](c1ccc(F)cc1)[C@H]1CCCO1. The van der Waals surface area contributed by atoms with Gasteiger partial charge in [0, 0.05) is 6.61 Å². The molecule has 1 saturated heterocycles. The Morgan fingerprint density at radius 3 is 2.76 bits per heavy atom. The van der Waals surface area contributed by atoms with Crippen molar-refractivity contribution in [2.24, 2.45) is 0 Å². The molecule has 25 heavy (non-hydrogen) atoms. The summed E-state index contributed by atoms with van der Waals surface area (Å²) in [6, 6.07) is 5.47. The van der Waals surface area contributed by atoms with Crippen molar-refractivity contribution in [2.45, 2.75) is 31.5 Å². The molecule has 0 bridgehead atoms. The minimum Gasteiger partial charge on any atom is -0.476 e. The number of hydrogen-bond donors (Lipinski definition) is 2. The third-order valence-electron chi connectivity index (χ3n) is 3.95. The van der Waals surface area contributed by atoms with Gasteiger partial charge in [-0.25, -0.2) is 13.9 Å².